The summed E-state index contributed by atoms with van der Waals surface area (Å²) in [5.41, 5.74) is 0. The predicted octanol–water partition coefficient (Wildman–Crippen LogP) is 3.51. The van der Waals surface area contributed by atoms with Crippen molar-refractivity contribution in [2.24, 2.45) is 0 Å². The molecule has 0 spiro atoms. The lowest BCUT2D eigenvalue weighted by molar-refractivity contribution is -0.132. The minimum atomic E-state index is -0.565. The Hall–Kier alpha value is -3.34. The van der Waals surface area contributed by atoms with Gasteiger partial charge in [-0.15, -0.1) is 0 Å². The molecule has 0 amide bonds. The number of fused-ring (bicyclic) bond motifs is 1. The van der Waals surface area contributed by atoms with E-state index in [2.05, 4.69) is 17.9 Å². The Bertz CT molecular complexity index is 789. The molecule has 0 saturated heterocycles. The van der Waals surface area contributed by atoms with E-state index in [0.717, 1.165) is 29.2 Å². The molecule has 0 atom stereocenters. The standard InChI is InChI=1S/C18H14O5/c1-3-17(19)22-10-9-21-15-7-5-14-12-16(23-18(20)4-2)8-6-13(14)11-15/h3-12H,1-2H2. The molecule has 5 heteroatoms. The van der Waals surface area contributed by atoms with Crippen LogP contribution in [0.2, 0.25) is 0 Å². The van der Waals surface area contributed by atoms with Gasteiger partial charge in [-0.2, -0.15) is 0 Å². The molecule has 0 fully saturated rings. The molecular weight excluding hydrogens is 296 g/mol. The topological polar surface area (TPSA) is 61.8 Å². The van der Waals surface area contributed by atoms with E-state index in [9.17, 15) is 9.59 Å². The second kappa shape index (κ2) is 7.61. The molecule has 0 aliphatic rings. The van der Waals surface area contributed by atoms with E-state index in [1.54, 1.807) is 30.3 Å². The second-order valence-electron chi connectivity index (χ2n) is 4.33. The normalized spacial score (nSPS) is 10.3. The maximum atomic E-state index is 11.2. The molecule has 5 nitrogen and oxygen atoms in total. The van der Waals surface area contributed by atoms with Gasteiger partial charge in [0.1, 0.15) is 24.0 Å². The lowest BCUT2D eigenvalue weighted by atomic mass is 10.1. The molecule has 2 aromatic carbocycles. The quantitative estimate of drug-likeness (QED) is 0.353. The Labute approximate surface area is 133 Å². The van der Waals surface area contributed by atoms with Crippen molar-refractivity contribution in [3.05, 3.63) is 74.2 Å². The summed E-state index contributed by atoms with van der Waals surface area (Å²) in [5.74, 6) is -0.0694. The fraction of sp³-hybridized carbons (Fsp3) is 0. The number of carbonyl (C=O) groups excluding carboxylic acids is 2. The summed E-state index contributed by atoms with van der Waals surface area (Å²) >= 11 is 0. The van der Waals surface area contributed by atoms with Crippen LogP contribution in [0.1, 0.15) is 0 Å². The van der Waals surface area contributed by atoms with Gasteiger partial charge in [-0.05, 0) is 35.0 Å². The largest absolute Gasteiger partial charge is 0.462 e. The summed E-state index contributed by atoms with van der Waals surface area (Å²) in [6.07, 6.45) is 4.54. The van der Waals surface area contributed by atoms with Crippen LogP contribution < -0.4 is 9.47 Å². The van der Waals surface area contributed by atoms with Gasteiger partial charge in [-0.1, -0.05) is 25.3 Å². The summed E-state index contributed by atoms with van der Waals surface area (Å²) in [4.78, 5) is 22.0. The predicted molar refractivity (Wildman–Crippen MR) is 85.8 cm³/mol. The first-order valence-electron chi connectivity index (χ1n) is 6.65. The number of ether oxygens (including phenoxy) is 3. The van der Waals surface area contributed by atoms with Crippen LogP contribution in [0.3, 0.4) is 0 Å². The highest BCUT2D eigenvalue weighted by Gasteiger charge is 2.02. The maximum absolute atomic E-state index is 11.2. The van der Waals surface area contributed by atoms with Crippen molar-refractivity contribution in [1.29, 1.82) is 0 Å². The summed E-state index contributed by atoms with van der Waals surface area (Å²) in [7, 11) is 0. The second-order valence-corrected chi connectivity index (χ2v) is 4.33. The molecule has 2 aromatic rings. The number of benzene rings is 2. The first kappa shape index (κ1) is 16.0. The van der Waals surface area contributed by atoms with Gasteiger partial charge < -0.3 is 14.2 Å². The average molecular weight is 310 g/mol. The van der Waals surface area contributed by atoms with Gasteiger partial charge in [0.15, 0.2) is 0 Å². The zero-order valence-electron chi connectivity index (χ0n) is 12.2. The third kappa shape index (κ3) is 4.57. The van der Waals surface area contributed by atoms with E-state index in [1.807, 2.05) is 6.07 Å². The van der Waals surface area contributed by atoms with Crippen molar-refractivity contribution in [2.45, 2.75) is 0 Å². The van der Waals surface area contributed by atoms with E-state index in [4.69, 9.17) is 9.47 Å². The highest BCUT2D eigenvalue weighted by molar-refractivity contribution is 5.87. The SMILES string of the molecule is C=CC(=O)OC=COc1ccc2cc(OC(=O)C=C)ccc2c1. The lowest BCUT2D eigenvalue weighted by Crippen LogP contribution is -2.02. The molecule has 0 saturated carbocycles. The Morgan fingerprint density at radius 2 is 1.43 bits per heavy atom. The van der Waals surface area contributed by atoms with Crippen LogP contribution >= 0.6 is 0 Å². The Balaban J connectivity index is 2.09. The van der Waals surface area contributed by atoms with Crippen LogP contribution in [-0.2, 0) is 14.3 Å². The maximum Gasteiger partial charge on any atom is 0.335 e. The van der Waals surface area contributed by atoms with Crippen molar-refractivity contribution in [2.75, 3.05) is 0 Å². The molecule has 0 aromatic heterocycles. The summed E-state index contributed by atoms with van der Waals surface area (Å²) in [5, 5.41) is 1.78. The number of rotatable bonds is 6. The summed E-state index contributed by atoms with van der Waals surface area (Å²) in [6, 6.07) is 10.6. The number of carbonyl (C=O) groups is 2. The summed E-state index contributed by atoms with van der Waals surface area (Å²) < 4.78 is 15.0. The molecule has 2 rings (SSSR count). The molecule has 0 aliphatic carbocycles. The minimum Gasteiger partial charge on any atom is -0.462 e. The zero-order chi connectivity index (χ0) is 16.7. The van der Waals surface area contributed by atoms with E-state index in [-0.39, 0.29) is 0 Å². The Kier molecular flexibility index (Phi) is 5.30. The fourth-order valence-electron chi connectivity index (χ4n) is 1.75. The smallest absolute Gasteiger partial charge is 0.335 e. The van der Waals surface area contributed by atoms with Gasteiger partial charge in [0, 0.05) is 12.2 Å². The first-order valence-corrected chi connectivity index (χ1v) is 6.65. The monoisotopic (exact) mass is 310 g/mol. The van der Waals surface area contributed by atoms with Crippen LogP contribution in [0.15, 0.2) is 74.2 Å². The molecule has 0 N–H and O–H groups in total. The van der Waals surface area contributed by atoms with Gasteiger partial charge >= 0.3 is 11.9 Å². The lowest BCUT2D eigenvalue weighted by Gasteiger charge is -2.05. The van der Waals surface area contributed by atoms with E-state index in [1.165, 1.54) is 6.26 Å². The molecule has 116 valence electrons. The van der Waals surface area contributed by atoms with Crippen molar-refractivity contribution in [3.8, 4) is 11.5 Å². The van der Waals surface area contributed by atoms with Crippen LogP contribution in [0.4, 0.5) is 0 Å². The van der Waals surface area contributed by atoms with Crippen molar-refractivity contribution in [1.82, 2.24) is 0 Å². The van der Waals surface area contributed by atoms with Crippen molar-refractivity contribution >= 4 is 22.7 Å². The van der Waals surface area contributed by atoms with E-state index < -0.39 is 11.9 Å². The molecule has 0 radical (unpaired) electrons. The Morgan fingerprint density at radius 1 is 0.826 bits per heavy atom. The van der Waals surface area contributed by atoms with E-state index in [0.29, 0.717) is 11.5 Å². The molecule has 0 unspecified atom stereocenters. The molecule has 0 aliphatic heterocycles. The number of hydrogen-bond acceptors (Lipinski definition) is 5. The Morgan fingerprint density at radius 3 is 2.09 bits per heavy atom. The van der Waals surface area contributed by atoms with Crippen LogP contribution in [0.5, 0.6) is 11.5 Å². The van der Waals surface area contributed by atoms with Gasteiger partial charge in [-0.3, -0.25) is 0 Å². The van der Waals surface area contributed by atoms with Gasteiger partial charge in [0.25, 0.3) is 0 Å². The first-order chi connectivity index (χ1) is 11.1. The average Bonchev–Trinajstić information content (AvgIpc) is 2.58. The van der Waals surface area contributed by atoms with Gasteiger partial charge in [0.2, 0.25) is 0 Å². The number of esters is 2. The van der Waals surface area contributed by atoms with Gasteiger partial charge in [0.05, 0.1) is 0 Å². The van der Waals surface area contributed by atoms with Crippen LogP contribution in [-0.4, -0.2) is 11.9 Å². The van der Waals surface area contributed by atoms with Crippen LogP contribution in [0, 0.1) is 0 Å². The van der Waals surface area contributed by atoms with Crippen molar-refractivity contribution in [3.63, 3.8) is 0 Å². The molecule has 0 bridgehead atoms. The fourth-order valence-corrected chi connectivity index (χ4v) is 1.75. The summed E-state index contributed by atoms with van der Waals surface area (Å²) in [6.45, 7) is 6.62. The molecular formula is C18H14O5. The molecule has 23 heavy (non-hydrogen) atoms. The third-order valence-electron chi connectivity index (χ3n) is 2.78. The van der Waals surface area contributed by atoms with Crippen LogP contribution in [0.25, 0.3) is 10.8 Å². The number of hydrogen-bond donors (Lipinski definition) is 0. The van der Waals surface area contributed by atoms with Crippen molar-refractivity contribution < 1.29 is 23.8 Å². The highest BCUT2D eigenvalue weighted by atomic mass is 16.5. The third-order valence-corrected chi connectivity index (χ3v) is 2.78. The zero-order valence-corrected chi connectivity index (χ0v) is 12.2. The molecule has 0 heterocycles. The van der Waals surface area contributed by atoms with Gasteiger partial charge in [-0.25, -0.2) is 9.59 Å². The van der Waals surface area contributed by atoms with E-state index >= 15 is 0 Å². The minimum absolute atomic E-state index is 0.437. The highest BCUT2D eigenvalue weighted by Crippen LogP contribution is 2.25.